The number of amides is 1. The number of carbonyl (C=O) groups is 2. The van der Waals surface area contributed by atoms with Crippen LogP contribution in [0.15, 0.2) is 10.6 Å². The highest BCUT2D eigenvalue weighted by molar-refractivity contribution is 8.03. The van der Waals surface area contributed by atoms with E-state index >= 15 is 0 Å². The topological polar surface area (TPSA) is 117 Å². The second-order valence-corrected chi connectivity index (χ2v) is 10.6. The molecule has 9 heteroatoms. The largest absolute Gasteiger partial charge is 0.477 e. The smallest absolute Gasteiger partial charge is 0.353 e. The molecule has 166 valence electrons. The van der Waals surface area contributed by atoms with Crippen LogP contribution in [0.2, 0.25) is 0 Å². The summed E-state index contributed by atoms with van der Waals surface area (Å²) < 4.78 is 0. The van der Waals surface area contributed by atoms with Crippen molar-refractivity contribution >= 4 is 29.5 Å². The van der Waals surface area contributed by atoms with Crippen molar-refractivity contribution in [2.45, 2.75) is 75.9 Å². The van der Waals surface area contributed by atoms with Crippen LogP contribution in [0, 0.1) is 17.2 Å². The van der Waals surface area contributed by atoms with Crippen molar-refractivity contribution in [2.75, 3.05) is 13.1 Å². The van der Waals surface area contributed by atoms with Crippen LogP contribution >= 0.6 is 11.8 Å². The molecule has 4 N–H and O–H groups in total. The summed E-state index contributed by atoms with van der Waals surface area (Å²) in [6.07, 6.45) is 3.41. The standard InChI is InChI=1S/C21H32N4O4S/c1-10-17-16(11(2)26)20(27)25(17)18(21(28)29)19(10)30-15-8-14(9-15)24-6-4-13(5-7-24)23-12(3)22/h10-11,13-17,26H,4-9H2,1-3H3,(H2,22,23)(H,28,29)/t10-,11-,14-,15+,16-,17-/m1/s1. The summed E-state index contributed by atoms with van der Waals surface area (Å²) >= 11 is 1.63. The second-order valence-electron chi connectivity index (χ2n) is 9.22. The summed E-state index contributed by atoms with van der Waals surface area (Å²) in [6, 6.07) is 0.709. The summed E-state index contributed by atoms with van der Waals surface area (Å²) in [6.45, 7) is 7.44. The molecule has 0 aromatic rings. The van der Waals surface area contributed by atoms with Crippen LogP contribution in [0.25, 0.3) is 0 Å². The van der Waals surface area contributed by atoms with E-state index in [1.807, 2.05) is 6.92 Å². The van der Waals surface area contributed by atoms with Crippen molar-refractivity contribution in [1.82, 2.24) is 15.1 Å². The molecule has 1 amide bonds. The normalized spacial score (nSPS) is 35.5. The Labute approximate surface area is 181 Å². The molecular weight excluding hydrogens is 404 g/mol. The quantitative estimate of drug-likeness (QED) is 0.283. The summed E-state index contributed by atoms with van der Waals surface area (Å²) in [4.78, 5) is 29.1. The number of rotatable bonds is 6. The fourth-order valence-corrected chi connectivity index (χ4v) is 7.15. The number of thioether (sulfide) groups is 1. The number of hydrogen-bond donors (Lipinski definition) is 4. The fourth-order valence-electron chi connectivity index (χ4n) is 5.51. The van der Waals surface area contributed by atoms with E-state index in [1.54, 1.807) is 25.6 Å². The number of fused-ring (bicyclic) bond motifs is 1. The number of piperidine rings is 1. The minimum Gasteiger partial charge on any atom is -0.477 e. The van der Waals surface area contributed by atoms with Gasteiger partial charge in [0.15, 0.2) is 0 Å². The molecule has 0 aromatic carbocycles. The number of hydrogen-bond acceptors (Lipinski definition) is 6. The summed E-state index contributed by atoms with van der Waals surface area (Å²) in [5.41, 5.74) is 0.136. The predicted octanol–water partition coefficient (Wildman–Crippen LogP) is 1.46. The van der Waals surface area contributed by atoms with Gasteiger partial charge in [0.25, 0.3) is 0 Å². The summed E-state index contributed by atoms with van der Waals surface area (Å²) in [5, 5.41) is 30.9. The molecule has 2 saturated heterocycles. The molecule has 4 atom stereocenters. The van der Waals surface area contributed by atoms with Gasteiger partial charge in [-0.05, 0) is 39.5 Å². The van der Waals surface area contributed by atoms with E-state index in [0.29, 0.717) is 23.2 Å². The number of aliphatic hydroxyl groups excluding tert-OH is 1. The molecule has 4 rings (SSSR count). The van der Waals surface area contributed by atoms with Gasteiger partial charge in [-0.1, -0.05) is 6.92 Å². The van der Waals surface area contributed by atoms with Crippen LogP contribution in [-0.4, -0.2) is 80.3 Å². The van der Waals surface area contributed by atoms with Crippen molar-refractivity contribution in [3.8, 4) is 0 Å². The van der Waals surface area contributed by atoms with E-state index in [0.717, 1.165) is 43.7 Å². The molecule has 3 fully saturated rings. The van der Waals surface area contributed by atoms with Gasteiger partial charge in [0.1, 0.15) is 5.70 Å². The number of amidine groups is 1. The van der Waals surface area contributed by atoms with Crippen LogP contribution in [0.5, 0.6) is 0 Å². The van der Waals surface area contributed by atoms with Gasteiger partial charge < -0.3 is 25.3 Å². The lowest BCUT2D eigenvalue weighted by Gasteiger charge is -2.46. The van der Waals surface area contributed by atoms with Gasteiger partial charge in [0.2, 0.25) is 5.91 Å². The van der Waals surface area contributed by atoms with Gasteiger partial charge >= 0.3 is 5.97 Å². The number of carboxylic acid groups (broad SMARTS) is 1. The Balaban J connectivity index is 1.34. The average molecular weight is 437 g/mol. The third-order valence-electron chi connectivity index (χ3n) is 7.14. The molecule has 0 unspecified atom stereocenters. The Hall–Kier alpha value is -1.58. The number of carboxylic acids is 1. The number of β-lactam (4-membered cyclic amide) rings is 1. The zero-order valence-electron chi connectivity index (χ0n) is 17.8. The summed E-state index contributed by atoms with van der Waals surface area (Å²) in [5.74, 6) is -1.33. The van der Waals surface area contributed by atoms with Crippen molar-refractivity contribution < 1.29 is 19.8 Å². The SMILES string of the molecule is CC(=N)NC1CCN([C@H]2C[C@@H](SC3=C(C(=O)O)N4C(=O)[C@H]([C@@H](C)O)[C@H]4[C@H]3C)C2)CC1. The number of aliphatic hydroxyl groups is 1. The first-order valence-electron chi connectivity index (χ1n) is 10.9. The maximum absolute atomic E-state index is 12.4. The molecule has 0 radical (unpaired) electrons. The van der Waals surface area contributed by atoms with E-state index in [9.17, 15) is 19.8 Å². The molecule has 3 heterocycles. The fraction of sp³-hybridized carbons (Fsp3) is 0.762. The number of aliphatic carboxylic acids is 1. The minimum absolute atomic E-state index is 0.0522. The molecule has 1 saturated carbocycles. The van der Waals surface area contributed by atoms with E-state index < -0.39 is 18.0 Å². The lowest BCUT2D eigenvalue weighted by atomic mass is 9.79. The van der Waals surface area contributed by atoms with Gasteiger partial charge in [-0.15, -0.1) is 11.8 Å². The van der Waals surface area contributed by atoms with E-state index in [2.05, 4.69) is 10.2 Å². The Morgan fingerprint density at radius 3 is 2.47 bits per heavy atom. The van der Waals surface area contributed by atoms with E-state index in [1.165, 1.54) is 4.90 Å². The number of nitrogens with one attached hydrogen (secondary N) is 2. The number of likely N-dealkylation sites (tertiary alicyclic amines) is 1. The minimum atomic E-state index is -1.05. The molecule has 1 aliphatic carbocycles. The maximum Gasteiger partial charge on any atom is 0.353 e. The van der Waals surface area contributed by atoms with Crippen molar-refractivity contribution in [3.63, 3.8) is 0 Å². The Kier molecular flexibility index (Phi) is 5.89. The van der Waals surface area contributed by atoms with Crippen LogP contribution in [0.3, 0.4) is 0 Å². The van der Waals surface area contributed by atoms with Crippen LogP contribution < -0.4 is 5.32 Å². The van der Waals surface area contributed by atoms with E-state index in [-0.39, 0.29) is 23.6 Å². The average Bonchev–Trinajstić information content (AvgIpc) is 2.87. The first-order chi connectivity index (χ1) is 14.2. The van der Waals surface area contributed by atoms with Crippen molar-refractivity contribution in [3.05, 3.63) is 10.6 Å². The van der Waals surface area contributed by atoms with Crippen LogP contribution in [-0.2, 0) is 9.59 Å². The van der Waals surface area contributed by atoms with Gasteiger partial charge in [0, 0.05) is 41.2 Å². The molecule has 30 heavy (non-hydrogen) atoms. The highest BCUT2D eigenvalue weighted by Crippen LogP contribution is 2.53. The van der Waals surface area contributed by atoms with Crippen molar-refractivity contribution in [2.24, 2.45) is 11.8 Å². The summed E-state index contributed by atoms with van der Waals surface area (Å²) in [7, 11) is 0. The Morgan fingerprint density at radius 2 is 1.93 bits per heavy atom. The molecule has 4 aliphatic rings. The molecular formula is C21H32N4O4S. The zero-order chi connectivity index (χ0) is 21.7. The van der Waals surface area contributed by atoms with Crippen LogP contribution in [0.1, 0.15) is 46.5 Å². The Morgan fingerprint density at radius 1 is 1.30 bits per heavy atom. The highest BCUT2D eigenvalue weighted by atomic mass is 32.2. The second kappa shape index (κ2) is 8.16. The van der Waals surface area contributed by atoms with Gasteiger partial charge in [0.05, 0.1) is 23.9 Å². The molecule has 3 aliphatic heterocycles. The lowest BCUT2D eigenvalue weighted by Crippen LogP contribution is -2.63. The van der Waals surface area contributed by atoms with Crippen LogP contribution in [0.4, 0.5) is 0 Å². The first-order valence-corrected chi connectivity index (χ1v) is 11.8. The van der Waals surface area contributed by atoms with Gasteiger partial charge in [-0.25, -0.2) is 4.79 Å². The lowest BCUT2D eigenvalue weighted by molar-refractivity contribution is -0.163. The molecule has 0 spiro atoms. The predicted molar refractivity (Wildman–Crippen MR) is 115 cm³/mol. The van der Waals surface area contributed by atoms with E-state index in [4.69, 9.17) is 5.41 Å². The van der Waals surface area contributed by atoms with Gasteiger partial charge in [-0.2, -0.15) is 0 Å². The van der Waals surface area contributed by atoms with Gasteiger partial charge in [-0.3, -0.25) is 10.2 Å². The zero-order valence-corrected chi connectivity index (χ0v) is 18.6. The highest BCUT2D eigenvalue weighted by Gasteiger charge is 2.60. The number of carbonyl (C=O) groups excluding carboxylic acids is 1. The molecule has 8 nitrogen and oxygen atoms in total. The third kappa shape index (κ3) is 3.65. The number of nitrogens with zero attached hydrogens (tertiary/aromatic N) is 2. The first kappa shape index (κ1) is 21.6. The molecule has 0 bridgehead atoms. The Bertz CT molecular complexity index is 771. The molecule has 0 aromatic heterocycles. The third-order valence-corrected chi connectivity index (χ3v) is 8.68. The monoisotopic (exact) mass is 436 g/mol. The van der Waals surface area contributed by atoms with Crippen molar-refractivity contribution in [1.29, 1.82) is 5.41 Å². The maximum atomic E-state index is 12.4.